The topological polar surface area (TPSA) is 113 Å². The molecule has 2 heterocycles. The highest BCUT2D eigenvalue weighted by molar-refractivity contribution is 9.10. The van der Waals surface area contributed by atoms with Crippen molar-refractivity contribution in [3.05, 3.63) is 68.5 Å². The number of nitrogens with one attached hydrogen (secondary N) is 2. The lowest BCUT2D eigenvalue weighted by Gasteiger charge is -2.15. The highest BCUT2D eigenvalue weighted by Crippen LogP contribution is 2.27. The van der Waals surface area contributed by atoms with Gasteiger partial charge in [0.25, 0.3) is 11.8 Å². The molecule has 0 radical (unpaired) electrons. The monoisotopic (exact) mass is 498 g/mol. The molecule has 0 saturated heterocycles. The van der Waals surface area contributed by atoms with Crippen molar-refractivity contribution in [3.63, 3.8) is 0 Å². The van der Waals surface area contributed by atoms with Gasteiger partial charge in [-0.2, -0.15) is 10.4 Å². The second-order valence-corrected chi connectivity index (χ2v) is 8.32. The summed E-state index contributed by atoms with van der Waals surface area (Å²) in [4.78, 5) is 30.2. The van der Waals surface area contributed by atoms with Gasteiger partial charge >= 0.3 is 0 Å². The van der Waals surface area contributed by atoms with E-state index in [1.807, 2.05) is 6.07 Å². The minimum atomic E-state index is -0.506. The van der Waals surface area contributed by atoms with Crippen LogP contribution in [0.5, 0.6) is 0 Å². The predicted octanol–water partition coefficient (Wildman–Crippen LogP) is 4.01. The Morgan fingerprint density at radius 3 is 2.74 bits per heavy atom. The van der Waals surface area contributed by atoms with Gasteiger partial charge in [-0.1, -0.05) is 11.6 Å². The Labute approximate surface area is 191 Å². The van der Waals surface area contributed by atoms with Crippen LogP contribution in [0.15, 0.2) is 41.1 Å². The first-order chi connectivity index (χ1) is 14.9. The van der Waals surface area contributed by atoms with E-state index >= 15 is 0 Å². The van der Waals surface area contributed by atoms with Crippen LogP contribution in [0.25, 0.3) is 5.82 Å². The van der Waals surface area contributed by atoms with Gasteiger partial charge in [0.05, 0.1) is 27.9 Å². The molecule has 3 aromatic rings. The van der Waals surface area contributed by atoms with E-state index in [2.05, 4.69) is 36.6 Å². The van der Waals surface area contributed by atoms with Gasteiger partial charge in [0.15, 0.2) is 5.82 Å². The standard InChI is InChI=1S/C21H16BrClN6O2/c1-11-7-12(10-24)8-14(20(30)26-13-4-5-13)18(11)27-21(31)16-9-17(22)28-29(16)19-15(23)3-2-6-25-19/h2-3,6-9,13H,4-5H2,1H3,(H,26,30)(H,27,31). The van der Waals surface area contributed by atoms with Crippen molar-refractivity contribution in [1.82, 2.24) is 20.1 Å². The molecule has 0 bridgehead atoms. The predicted molar refractivity (Wildman–Crippen MR) is 118 cm³/mol. The molecule has 156 valence electrons. The number of rotatable bonds is 5. The number of hydrogen-bond donors (Lipinski definition) is 2. The Bertz CT molecular complexity index is 1250. The quantitative estimate of drug-likeness (QED) is 0.551. The first-order valence-corrected chi connectivity index (χ1v) is 10.6. The van der Waals surface area contributed by atoms with Gasteiger partial charge in [0.2, 0.25) is 0 Å². The molecule has 0 atom stereocenters. The van der Waals surface area contributed by atoms with E-state index in [1.54, 1.807) is 31.3 Å². The Balaban J connectivity index is 1.72. The van der Waals surface area contributed by atoms with Gasteiger partial charge in [-0.05, 0) is 65.5 Å². The van der Waals surface area contributed by atoms with E-state index < -0.39 is 5.91 Å². The lowest BCUT2D eigenvalue weighted by Crippen LogP contribution is -2.28. The SMILES string of the molecule is Cc1cc(C#N)cc(C(=O)NC2CC2)c1NC(=O)c1cc(Br)nn1-c1ncccc1Cl. The number of hydrogen-bond acceptors (Lipinski definition) is 5. The fraction of sp³-hybridized carbons (Fsp3) is 0.190. The molecule has 1 saturated carbocycles. The fourth-order valence-electron chi connectivity index (χ4n) is 3.07. The number of carbonyl (C=O) groups is 2. The number of pyridine rings is 1. The molecule has 1 aliphatic rings. The third-order valence-electron chi connectivity index (χ3n) is 4.71. The third-order valence-corrected chi connectivity index (χ3v) is 5.39. The summed E-state index contributed by atoms with van der Waals surface area (Å²) in [6, 6.07) is 10.1. The van der Waals surface area contributed by atoms with Crippen LogP contribution in [0, 0.1) is 18.3 Å². The number of halogens is 2. The van der Waals surface area contributed by atoms with Crippen molar-refractivity contribution in [1.29, 1.82) is 5.26 Å². The molecule has 0 spiro atoms. The summed E-state index contributed by atoms with van der Waals surface area (Å²) in [5.41, 5.74) is 1.67. The molecular weight excluding hydrogens is 484 g/mol. The summed E-state index contributed by atoms with van der Waals surface area (Å²) in [6.45, 7) is 1.73. The largest absolute Gasteiger partial charge is 0.349 e. The van der Waals surface area contributed by atoms with Crippen LogP contribution in [-0.4, -0.2) is 32.6 Å². The van der Waals surface area contributed by atoms with Crippen molar-refractivity contribution in [2.45, 2.75) is 25.8 Å². The molecule has 10 heteroatoms. The molecule has 0 unspecified atom stereocenters. The Kier molecular flexibility index (Phi) is 5.76. The number of amides is 2. The summed E-state index contributed by atoms with van der Waals surface area (Å²) in [5.74, 6) is -0.545. The minimum Gasteiger partial charge on any atom is -0.349 e. The molecule has 4 rings (SSSR count). The third kappa shape index (κ3) is 4.45. The van der Waals surface area contributed by atoms with Gasteiger partial charge in [0.1, 0.15) is 10.3 Å². The highest BCUT2D eigenvalue weighted by atomic mass is 79.9. The van der Waals surface area contributed by atoms with Crippen molar-refractivity contribution in [2.75, 3.05) is 5.32 Å². The molecule has 1 aromatic carbocycles. The van der Waals surface area contributed by atoms with E-state index in [1.165, 1.54) is 16.8 Å². The molecule has 2 N–H and O–H groups in total. The Hall–Kier alpha value is -3.22. The van der Waals surface area contributed by atoms with Crippen LogP contribution in [-0.2, 0) is 0 Å². The average Bonchev–Trinajstić information content (AvgIpc) is 3.47. The maximum Gasteiger partial charge on any atom is 0.274 e. The zero-order chi connectivity index (χ0) is 22.1. The second-order valence-electron chi connectivity index (χ2n) is 7.10. The number of aromatic nitrogens is 3. The van der Waals surface area contributed by atoms with E-state index in [4.69, 9.17) is 11.6 Å². The molecule has 2 amide bonds. The van der Waals surface area contributed by atoms with Crippen LogP contribution in [0.3, 0.4) is 0 Å². The van der Waals surface area contributed by atoms with Crippen LogP contribution in [0.4, 0.5) is 5.69 Å². The number of carbonyl (C=O) groups excluding carboxylic acids is 2. The number of anilines is 1. The van der Waals surface area contributed by atoms with Gasteiger partial charge < -0.3 is 10.6 Å². The van der Waals surface area contributed by atoms with Crippen molar-refractivity contribution in [3.8, 4) is 11.9 Å². The minimum absolute atomic E-state index is 0.130. The average molecular weight is 500 g/mol. The summed E-state index contributed by atoms with van der Waals surface area (Å²) in [5, 5.41) is 19.6. The molecule has 31 heavy (non-hydrogen) atoms. The Morgan fingerprint density at radius 1 is 1.29 bits per heavy atom. The lowest BCUT2D eigenvalue weighted by atomic mass is 10.0. The number of nitriles is 1. The fourth-order valence-corrected chi connectivity index (χ4v) is 3.65. The highest BCUT2D eigenvalue weighted by Gasteiger charge is 2.27. The van der Waals surface area contributed by atoms with Gasteiger partial charge in [-0.15, -0.1) is 0 Å². The van der Waals surface area contributed by atoms with E-state index in [-0.39, 0.29) is 23.2 Å². The smallest absolute Gasteiger partial charge is 0.274 e. The van der Waals surface area contributed by atoms with Gasteiger partial charge in [0, 0.05) is 18.3 Å². The lowest BCUT2D eigenvalue weighted by molar-refractivity contribution is 0.0952. The second kappa shape index (κ2) is 8.49. The normalized spacial score (nSPS) is 12.8. The molecule has 1 fully saturated rings. The summed E-state index contributed by atoms with van der Waals surface area (Å²) in [7, 11) is 0. The summed E-state index contributed by atoms with van der Waals surface area (Å²) < 4.78 is 1.74. The zero-order valence-electron chi connectivity index (χ0n) is 16.3. The molecule has 8 nitrogen and oxygen atoms in total. The zero-order valence-corrected chi connectivity index (χ0v) is 18.7. The summed E-state index contributed by atoms with van der Waals surface area (Å²) in [6.07, 6.45) is 3.38. The number of benzene rings is 1. The first-order valence-electron chi connectivity index (χ1n) is 9.41. The van der Waals surface area contributed by atoms with Gasteiger partial charge in [-0.25, -0.2) is 9.67 Å². The molecule has 2 aromatic heterocycles. The summed E-state index contributed by atoms with van der Waals surface area (Å²) >= 11 is 9.51. The van der Waals surface area contributed by atoms with Crippen molar-refractivity contribution >= 4 is 45.0 Å². The number of aryl methyl sites for hydroxylation is 1. The van der Waals surface area contributed by atoms with E-state index in [0.717, 1.165) is 12.8 Å². The van der Waals surface area contributed by atoms with Crippen LogP contribution in [0.1, 0.15) is 44.8 Å². The van der Waals surface area contributed by atoms with Crippen LogP contribution in [0.2, 0.25) is 5.02 Å². The first kappa shape index (κ1) is 21.0. The number of nitrogens with zero attached hydrogens (tertiary/aromatic N) is 4. The Morgan fingerprint density at radius 2 is 2.06 bits per heavy atom. The van der Waals surface area contributed by atoms with Crippen LogP contribution >= 0.6 is 27.5 Å². The van der Waals surface area contributed by atoms with Gasteiger partial charge in [-0.3, -0.25) is 9.59 Å². The molecule has 1 aliphatic carbocycles. The van der Waals surface area contributed by atoms with Crippen LogP contribution < -0.4 is 10.6 Å². The molecular formula is C21H16BrClN6O2. The van der Waals surface area contributed by atoms with E-state index in [0.29, 0.717) is 32.3 Å². The maximum absolute atomic E-state index is 13.2. The molecule has 0 aliphatic heterocycles. The maximum atomic E-state index is 13.2. The van der Waals surface area contributed by atoms with E-state index in [9.17, 15) is 14.9 Å². The van der Waals surface area contributed by atoms with Crippen molar-refractivity contribution < 1.29 is 9.59 Å². The van der Waals surface area contributed by atoms with Crippen molar-refractivity contribution in [2.24, 2.45) is 0 Å².